The highest BCUT2D eigenvalue weighted by atomic mass is 28.5. The maximum Gasteiger partial charge on any atom is 0.513 e. The van der Waals surface area contributed by atoms with E-state index in [1.807, 2.05) is 13.8 Å². The van der Waals surface area contributed by atoms with E-state index in [0.29, 0.717) is 25.7 Å². The SMILES string of the molecule is CO[Si](CN1CN=C1C)(OC)O[Si](CN1CN=C1C)(OC)OC. The minimum Gasteiger partial charge on any atom is -0.376 e. The van der Waals surface area contributed by atoms with Crippen molar-refractivity contribution in [3.63, 3.8) is 0 Å². The van der Waals surface area contributed by atoms with E-state index >= 15 is 0 Å². The molecule has 0 spiro atoms. The van der Waals surface area contributed by atoms with Crippen LogP contribution in [0.1, 0.15) is 13.8 Å². The molecule has 0 atom stereocenters. The molecule has 0 radical (unpaired) electrons. The lowest BCUT2D eigenvalue weighted by Gasteiger charge is -2.42. The first kappa shape index (κ1) is 18.5. The third kappa shape index (κ3) is 3.81. The first-order chi connectivity index (χ1) is 10.9. The van der Waals surface area contributed by atoms with Crippen LogP contribution >= 0.6 is 0 Å². The molecular weight excluding hydrogens is 336 g/mol. The van der Waals surface area contributed by atoms with Crippen molar-refractivity contribution in [3.05, 3.63) is 0 Å². The fourth-order valence-electron chi connectivity index (χ4n) is 2.31. The van der Waals surface area contributed by atoms with E-state index in [9.17, 15) is 0 Å². The summed E-state index contributed by atoms with van der Waals surface area (Å²) in [4.78, 5) is 12.6. The fraction of sp³-hybridized carbons (Fsp3) is 0.833. The van der Waals surface area contributed by atoms with Crippen molar-refractivity contribution in [2.24, 2.45) is 9.98 Å². The summed E-state index contributed by atoms with van der Waals surface area (Å²) in [5.41, 5.74) is 0. The van der Waals surface area contributed by atoms with Crippen LogP contribution in [0.2, 0.25) is 0 Å². The molecule has 11 heteroatoms. The van der Waals surface area contributed by atoms with Crippen molar-refractivity contribution in [3.8, 4) is 0 Å². The second kappa shape index (κ2) is 7.38. The molecule has 0 aromatic heterocycles. The monoisotopic (exact) mass is 362 g/mol. The summed E-state index contributed by atoms with van der Waals surface area (Å²) in [7, 11) is 0.435. The van der Waals surface area contributed by atoms with Gasteiger partial charge in [-0.15, -0.1) is 0 Å². The fourth-order valence-corrected chi connectivity index (χ4v) is 8.50. The highest BCUT2D eigenvalue weighted by molar-refractivity contribution is 6.75. The summed E-state index contributed by atoms with van der Waals surface area (Å²) in [6.45, 7) is 5.16. The van der Waals surface area contributed by atoms with Gasteiger partial charge in [-0.25, -0.2) is 0 Å². The van der Waals surface area contributed by atoms with Crippen LogP contribution in [-0.2, 0) is 21.8 Å². The highest BCUT2D eigenvalue weighted by Gasteiger charge is 2.55. The van der Waals surface area contributed by atoms with E-state index < -0.39 is 17.6 Å². The van der Waals surface area contributed by atoms with Crippen LogP contribution < -0.4 is 0 Å². The van der Waals surface area contributed by atoms with Gasteiger partial charge >= 0.3 is 17.6 Å². The molecule has 23 heavy (non-hydrogen) atoms. The summed E-state index contributed by atoms with van der Waals surface area (Å²) < 4.78 is 29.1. The maximum atomic E-state index is 6.33. The van der Waals surface area contributed by atoms with E-state index in [4.69, 9.17) is 21.8 Å². The summed E-state index contributed by atoms with van der Waals surface area (Å²) >= 11 is 0. The number of nitrogens with zero attached hydrogens (tertiary/aromatic N) is 4. The lowest BCUT2D eigenvalue weighted by molar-refractivity contribution is 0.0733. The number of hydrogen-bond acceptors (Lipinski definition) is 9. The molecule has 0 N–H and O–H groups in total. The molecule has 0 bridgehead atoms. The largest absolute Gasteiger partial charge is 0.513 e. The van der Waals surface area contributed by atoms with Gasteiger partial charge in [0.2, 0.25) is 0 Å². The predicted octanol–water partition coefficient (Wildman–Crippen LogP) is -0.0722. The first-order valence-electron chi connectivity index (χ1n) is 7.36. The second-order valence-electron chi connectivity index (χ2n) is 5.37. The van der Waals surface area contributed by atoms with Gasteiger partial charge in [-0.05, 0) is 13.8 Å². The molecule has 0 aliphatic carbocycles. The molecular formula is C12H26N4O5Si2. The van der Waals surface area contributed by atoms with Crippen LogP contribution in [0.4, 0.5) is 0 Å². The second-order valence-corrected chi connectivity index (χ2v) is 11.2. The summed E-state index contributed by atoms with van der Waals surface area (Å²) in [6.07, 6.45) is 1.04. The molecule has 0 amide bonds. The van der Waals surface area contributed by atoms with Gasteiger partial charge in [-0.2, -0.15) is 0 Å². The Bertz CT molecular complexity index is 440. The van der Waals surface area contributed by atoms with Crippen LogP contribution in [0.15, 0.2) is 9.98 Å². The zero-order valence-electron chi connectivity index (χ0n) is 14.7. The first-order valence-corrected chi connectivity index (χ1v) is 11.2. The van der Waals surface area contributed by atoms with Gasteiger partial charge in [0.1, 0.15) is 13.3 Å². The average molecular weight is 363 g/mol. The lowest BCUT2D eigenvalue weighted by atomic mass is 10.5. The smallest absolute Gasteiger partial charge is 0.376 e. The number of amidine groups is 2. The van der Waals surface area contributed by atoms with Crippen LogP contribution in [0.25, 0.3) is 0 Å². The number of hydrogen-bond donors (Lipinski definition) is 0. The molecule has 0 saturated heterocycles. The van der Waals surface area contributed by atoms with E-state index in [0.717, 1.165) is 11.7 Å². The Morgan fingerprint density at radius 3 is 1.30 bits per heavy atom. The zero-order valence-corrected chi connectivity index (χ0v) is 16.7. The molecule has 0 aromatic carbocycles. The standard InChI is InChI=1S/C12H26N4O5Si2/c1-11-13-7-15(11)9-22(17-3,18-4)21-23(19-5,20-6)10-16-8-14-12(16)2/h7-10H2,1-6H3. The minimum absolute atomic E-state index is 0.518. The topological polar surface area (TPSA) is 77.4 Å². The Balaban J connectivity index is 2.12. The number of aliphatic imine (C=N–C) groups is 2. The molecule has 9 nitrogen and oxygen atoms in total. The van der Waals surface area contributed by atoms with Crippen molar-refractivity contribution in [1.82, 2.24) is 9.80 Å². The van der Waals surface area contributed by atoms with Crippen molar-refractivity contribution in [2.75, 3.05) is 54.1 Å². The summed E-state index contributed by atoms with van der Waals surface area (Å²) in [5.74, 6) is 1.90. The molecule has 2 aliphatic rings. The molecule has 2 rings (SSSR count). The van der Waals surface area contributed by atoms with Gasteiger partial charge in [-0.1, -0.05) is 0 Å². The Kier molecular flexibility index (Phi) is 5.94. The summed E-state index contributed by atoms with van der Waals surface area (Å²) in [6, 6.07) is 0. The van der Waals surface area contributed by atoms with Crippen molar-refractivity contribution in [2.45, 2.75) is 13.8 Å². The highest BCUT2D eigenvalue weighted by Crippen LogP contribution is 2.22. The van der Waals surface area contributed by atoms with Crippen molar-refractivity contribution in [1.29, 1.82) is 0 Å². The van der Waals surface area contributed by atoms with Crippen molar-refractivity contribution >= 4 is 29.3 Å². The van der Waals surface area contributed by atoms with E-state index in [-0.39, 0.29) is 0 Å². The summed E-state index contributed by atoms with van der Waals surface area (Å²) in [5, 5.41) is 0. The minimum atomic E-state index is -2.98. The molecule has 2 aliphatic heterocycles. The van der Waals surface area contributed by atoms with Crippen LogP contribution in [-0.4, -0.2) is 93.2 Å². The zero-order chi connectivity index (χ0) is 17.1. The van der Waals surface area contributed by atoms with Crippen LogP contribution in [0.3, 0.4) is 0 Å². The Morgan fingerprint density at radius 2 is 1.13 bits per heavy atom. The molecule has 0 unspecified atom stereocenters. The predicted molar refractivity (Wildman–Crippen MR) is 90.0 cm³/mol. The molecule has 0 aromatic rings. The maximum absolute atomic E-state index is 6.33. The Hall–Kier alpha value is -0.826. The normalized spacial score (nSPS) is 18.3. The Morgan fingerprint density at radius 1 is 0.783 bits per heavy atom. The Labute approximate surface area is 139 Å². The van der Waals surface area contributed by atoms with Gasteiger partial charge in [0.15, 0.2) is 0 Å². The van der Waals surface area contributed by atoms with Gasteiger partial charge in [0.25, 0.3) is 0 Å². The van der Waals surface area contributed by atoms with Crippen LogP contribution in [0.5, 0.6) is 0 Å². The molecule has 0 fully saturated rings. The van der Waals surface area contributed by atoms with E-state index in [2.05, 4.69) is 19.8 Å². The quantitative estimate of drug-likeness (QED) is 0.503. The average Bonchev–Trinajstić information content (AvgIpc) is 2.59. The third-order valence-corrected chi connectivity index (χ3v) is 10.7. The van der Waals surface area contributed by atoms with Gasteiger partial charge < -0.3 is 31.6 Å². The van der Waals surface area contributed by atoms with Crippen LogP contribution in [0, 0.1) is 0 Å². The van der Waals surface area contributed by atoms with E-state index in [1.165, 1.54) is 0 Å². The van der Waals surface area contributed by atoms with Crippen molar-refractivity contribution < 1.29 is 21.8 Å². The van der Waals surface area contributed by atoms with Gasteiger partial charge in [0, 0.05) is 28.4 Å². The number of rotatable bonds is 10. The van der Waals surface area contributed by atoms with Gasteiger partial charge in [0.05, 0.1) is 24.0 Å². The molecule has 2 heterocycles. The lowest BCUT2D eigenvalue weighted by Crippen LogP contribution is -2.67. The molecule has 132 valence electrons. The molecule has 0 saturated carbocycles. The van der Waals surface area contributed by atoms with Gasteiger partial charge in [-0.3, -0.25) is 9.98 Å². The third-order valence-electron chi connectivity index (χ3n) is 4.18. The van der Waals surface area contributed by atoms with E-state index in [1.54, 1.807) is 28.4 Å².